The maximum Gasteiger partial charge on any atom is 0.243 e. The first-order valence-electron chi connectivity index (χ1n) is 6.52. The lowest BCUT2D eigenvalue weighted by Gasteiger charge is -2.16. The fourth-order valence-electron chi connectivity index (χ4n) is 2.53. The van der Waals surface area contributed by atoms with Gasteiger partial charge in [-0.2, -0.15) is 4.31 Å². The highest BCUT2D eigenvalue weighted by Gasteiger charge is 2.31. The minimum atomic E-state index is -3.68. The molecule has 2 aromatic carbocycles. The molecule has 0 aromatic heterocycles. The molecule has 110 valence electrons. The summed E-state index contributed by atoms with van der Waals surface area (Å²) in [5, 5.41) is 0. The standard InChI is InChI=1S/C15H15FN2O2S/c1-10-6-13(7-14(17)15(10)16)21(19,20)18-8-11-4-2-3-5-12(11)9-18/h2-7H,8-9,17H2,1H3. The molecule has 4 nitrogen and oxygen atoms in total. The van der Waals surface area contributed by atoms with Gasteiger partial charge >= 0.3 is 0 Å². The fraction of sp³-hybridized carbons (Fsp3) is 0.200. The minimum Gasteiger partial charge on any atom is -0.396 e. The Bertz CT molecular complexity index is 770. The van der Waals surface area contributed by atoms with Gasteiger partial charge in [-0.05, 0) is 35.7 Å². The number of hydrogen-bond donors (Lipinski definition) is 1. The number of aryl methyl sites for hydroxylation is 1. The number of hydrogen-bond acceptors (Lipinski definition) is 3. The van der Waals surface area contributed by atoms with Crippen molar-refractivity contribution < 1.29 is 12.8 Å². The Morgan fingerprint density at radius 1 is 1.14 bits per heavy atom. The van der Waals surface area contributed by atoms with Crippen LogP contribution in [0.15, 0.2) is 41.3 Å². The number of sulfonamides is 1. The second-order valence-electron chi connectivity index (χ2n) is 5.19. The summed E-state index contributed by atoms with van der Waals surface area (Å²) >= 11 is 0. The molecule has 1 heterocycles. The topological polar surface area (TPSA) is 63.4 Å². The van der Waals surface area contributed by atoms with E-state index in [9.17, 15) is 12.8 Å². The molecule has 0 unspecified atom stereocenters. The van der Waals surface area contributed by atoms with Crippen LogP contribution in [0.5, 0.6) is 0 Å². The number of nitrogens with zero attached hydrogens (tertiary/aromatic N) is 1. The first-order chi connectivity index (χ1) is 9.89. The summed E-state index contributed by atoms with van der Waals surface area (Å²) in [4.78, 5) is 0.0340. The summed E-state index contributed by atoms with van der Waals surface area (Å²) in [6.45, 7) is 2.16. The normalized spacial score (nSPS) is 15.1. The third-order valence-corrected chi connectivity index (χ3v) is 5.48. The lowest BCUT2D eigenvalue weighted by Crippen LogP contribution is -2.26. The van der Waals surface area contributed by atoms with Gasteiger partial charge < -0.3 is 5.73 Å². The van der Waals surface area contributed by atoms with E-state index in [2.05, 4.69) is 0 Å². The van der Waals surface area contributed by atoms with Crippen molar-refractivity contribution in [2.75, 3.05) is 5.73 Å². The number of nitrogen functional groups attached to an aromatic ring is 1. The third-order valence-electron chi connectivity index (χ3n) is 3.71. The van der Waals surface area contributed by atoms with Crippen LogP contribution in [0.3, 0.4) is 0 Å². The molecule has 0 spiro atoms. The van der Waals surface area contributed by atoms with Crippen molar-refractivity contribution in [2.24, 2.45) is 0 Å². The second kappa shape index (κ2) is 4.82. The van der Waals surface area contributed by atoms with Gasteiger partial charge in [0.2, 0.25) is 10.0 Å². The van der Waals surface area contributed by atoms with Crippen molar-refractivity contribution >= 4 is 15.7 Å². The molecule has 2 aromatic rings. The Morgan fingerprint density at radius 3 is 2.24 bits per heavy atom. The molecule has 0 saturated carbocycles. The summed E-state index contributed by atoms with van der Waals surface area (Å²) in [7, 11) is -3.68. The summed E-state index contributed by atoms with van der Waals surface area (Å²) in [5.41, 5.74) is 7.61. The average molecular weight is 306 g/mol. The van der Waals surface area contributed by atoms with E-state index < -0.39 is 15.8 Å². The number of nitrogens with two attached hydrogens (primary N) is 1. The highest BCUT2D eigenvalue weighted by Crippen LogP contribution is 2.30. The average Bonchev–Trinajstić information content (AvgIpc) is 2.88. The summed E-state index contributed by atoms with van der Waals surface area (Å²) in [5.74, 6) is -0.571. The van der Waals surface area contributed by atoms with Crippen molar-refractivity contribution in [2.45, 2.75) is 24.9 Å². The first kappa shape index (κ1) is 14.0. The number of fused-ring (bicyclic) bond motifs is 1. The SMILES string of the molecule is Cc1cc(S(=O)(=O)N2Cc3ccccc3C2)cc(N)c1F. The number of halogens is 1. The van der Waals surface area contributed by atoms with Crippen LogP contribution >= 0.6 is 0 Å². The van der Waals surface area contributed by atoms with Crippen molar-refractivity contribution in [3.8, 4) is 0 Å². The predicted octanol–water partition coefficient (Wildman–Crippen LogP) is 2.42. The van der Waals surface area contributed by atoms with Gasteiger partial charge in [-0.3, -0.25) is 0 Å². The molecule has 2 N–H and O–H groups in total. The summed E-state index contributed by atoms with van der Waals surface area (Å²) in [6.07, 6.45) is 0. The van der Waals surface area contributed by atoms with E-state index in [1.165, 1.54) is 23.4 Å². The monoisotopic (exact) mass is 306 g/mol. The maximum atomic E-state index is 13.6. The molecular formula is C15H15FN2O2S. The van der Waals surface area contributed by atoms with E-state index >= 15 is 0 Å². The number of benzene rings is 2. The van der Waals surface area contributed by atoms with Crippen molar-refractivity contribution in [3.05, 3.63) is 58.9 Å². The molecule has 6 heteroatoms. The van der Waals surface area contributed by atoms with Gasteiger partial charge in [0.15, 0.2) is 0 Å². The van der Waals surface area contributed by atoms with Gasteiger partial charge in [0, 0.05) is 13.1 Å². The van der Waals surface area contributed by atoms with Crippen LogP contribution in [0.1, 0.15) is 16.7 Å². The van der Waals surface area contributed by atoms with Crippen LogP contribution in [-0.2, 0) is 23.1 Å². The highest BCUT2D eigenvalue weighted by atomic mass is 32.2. The molecule has 0 saturated heterocycles. The Hall–Kier alpha value is -1.92. The highest BCUT2D eigenvalue weighted by molar-refractivity contribution is 7.89. The largest absolute Gasteiger partial charge is 0.396 e. The van der Waals surface area contributed by atoms with Crippen molar-refractivity contribution in [1.82, 2.24) is 4.31 Å². The van der Waals surface area contributed by atoms with E-state index in [1.54, 1.807) is 0 Å². The lowest BCUT2D eigenvalue weighted by molar-refractivity contribution is 0.431. The predicted molar refractivity (Wildman–Crippen MR) is 78.4 cm³/mol. The number of anilines is 1. The zero-order valence-electron chi connectivity index (χ0n) is 11.5. The van der Waals surface area contributed by atoms with E-state index in [0.717, 1.165) is 11.1 Å². The van der Waals surface area contributed by atoms with Crippen LogP contribution in [0.25, 0.3) is 0 Å². The fourth-order valence-corrected chi connectivity index (χ4v) is 4.05. The molecular weight excluding hydrogens is 291 g/mol. The Balaban J connectivity index is 2.00. The molecule has 3 rings (SSSR count). The van der Waals surface area contributed by atoms with Crippen molar-refractivity contribution in [3.63, 3.8) is 0 Å². The van der Waals surface area contributed by atoms with E-state index in [0.29, 0.717) is 13.1 Å². The van der Waals surface area contributed by atoms with E-state index in [-0.39, 0.29) is 16.1 Å². The second-order valence-corrected chi connectivity index (χ2v) is 7.12. The minimum absolute atomic E-state index is 0.0340. The van der Waals surface area contributed by atoms with E-state index in [4.69, 9.17) is 5.73 Å². The van der Waals surface area contributed by atoms with Gasteiger partial charge in [-0.1, -0.05) is 24.3 Å². The Kier molecular flexibility index (Phi) is 3.22. The molecule has 1 aliphatic heterocycles. The smallest absolute Gasteiger partial charge is 0.243 e. The molecule has 0 amide bonds. The van der Waals surface area contributed by atoms with Gasteiger partial charge in [0.25, 0.3) is 0 Å². The first-order valence-corrected chi connectivity index (χ1v) is 7.96. The van der Waals surface area contributed by atoms with Crippen LogP contribution in [0.2, 0.25) is 0 Å². The van der Waals surface area contributed by atoms with Crippen LogP contribution in [0, 0.1) is 12.7 Å². The quantitative estimate of drug-likeness (QED) is 0.867. The van der Waals surface area contributed by atoms with Gasteiger partial charge in [-0.15, -0.1) is 0 Å². The molecule has 21 heavy (non-hydrogen) atoms. The van der Waals surface area contributed by atoms with Crippen LogP contribution < -0.4 is 5.73 Å². The molecule has 0 atom stereocenters. The van der Waals surface area contributed by atoms with Gasteiger partial charge in [0.05, 0.1) is 10.6 Å². The zero-order chi connectivity index (χ0) is 15.2. The summed E-state index contributed by atoms with van der Waals surface area (Å²) < 4.78 is 40.3. The molecule has 0 radical (unpaired) electrons. The number of rotatable bonds is 2. The lowest BCUT2D eigenvalue weighted by atomic mass is 10.1. The van der Waals surface area contributed by atoms with E-state index in [1.807, 2.05) is 24.3 Å². The Morgan fingerprint density at radius 2 is 1.71 bits per heavy atom. The van der Waals surface area contributed by atoms with Gasteiger partial charge in [-0.25, -0.2) is 12.8 Å². The maximum absolute atomic E-state index is 13.6. The molecule has 1 aliphatic rings. The Labute approximate surface area is 123 Å². The van der Waals surface area contributed by atoms with Crippen molar-refractivity contribution in [1.29, 1.82) is 0 Å². The van der Waals surface area contributed by atoms with Gasteiger partial charge in [0.1, 0.15) is 5.82 Å². The van der Waals surface area contributed by atoms with Crippen LogP contribution in [0.4, 0.5) is 10.1 Å². The molecule has 0 bridgehead atoms. The third kappa shape index (κ3) is 2.30. The molecule has 0 fully saturated rings. The molecule has 0 aliphatic carbocycles. The zero-order valence-corrected chi connectivity index (χ0v) is 12.3. The summed E-state index contributed by atoms with van der Waals surface area (Å²) in [6, 6.07) is 10.1. The van der Waals surface area contributed by atoms with Crippen LogP contribution in [-0.4, -0.2) is 12.7 Å².